The molecule has 0 unspecified atom stereocenters. The number of nitrogens with one attached hydrogen (secondary N) is 1. The lowest BCUT2D eigenvalue weighted by atomic mass is 10.1. The smallest absolute Gasteiger partial charge is 0.164 e. The lowest BCUT2D eigenvalue weighted by Gasteiger charge is -2.04. The summed E-state index contributed by atoms with van der Waals surface area (Å²) in [6.07, 6.45) is 2.40. The fourth-order valence-electron chi connectivity index (χ4n) is 1.57. The molecule has 0 aliphatic rings. The highest BCUT2D eigenvalue weighted by Crippen LogP contribution is 2.20. The van der Waals surface area contributed by atoms with Gasteiger partial charge in [-0.25, -0.2) is 0 Å². The van der Waals surface area contributed by atoms with Crippen LogP contribution in [0.5, 0.6) is 0 Å². The van der Waals surface area contributed by atoms with Crippen LogP contribution in [0.15, 0.2) is 39.5 Å². The van der Waals surface area contributed by atoms with Gasteiger partial charge in [-0.3, -0.25) is 0 Å². The molecule has 1 aromatic heterocycles. The van der Waals surface area contributed by atoms with Crippen LogP contribution in [-0.4, -0.2) is 18.2 Å². The summed E-state index contributed by atoms with van der Waals surface area (Å²) < 4.78 is 6.30. The Hall–Kier alpha value is -1.33. The molecule has 4 nitrogen and oxygen atoms in total. The minimum Gasteiger partial charge on any atom is -0.380 e. The Bertz CT molecular complexity index is 484. The first-order valence-corrected chi connectivity index (χ1v) is 6.21. The lowest BCUT2D eigenvalue weighted by molar-refractivity contribution is 0.390. The predicted octanol–water partition coefficient (Wildman–Crippen LogP) is 2.40. The summed E-state index contributed by atoms with van der Waals surface area (Å²) in [5, 5.41) is 6.99. The van der Waals surface area contributed by atoms with E-state index >= 15 is 0 Å². The second kappa shape index (κ2) is 5.84. The maximum Gasteiger partial charge on any atom is 0.164 e. The van der Waals surface area contributed by atoms with Crippen LogP contribution < -0.4 is 11.1 Å². The zero-order valence-electron chi connectivity index (χ0n) is 9.32. The van der Waals surface area contributed by atoms with Gasteiger partial charge in [-0.2, -0.15) is 0 Å². The third-order valence-electron chi connectivity index (χ3n) is 2.36. The summed E-state index contributed by atoms with van der Waals surface area (Å²) in [6, 6.07) is 8.12. The lowest BCUT2D eigenvalue weighted by Crippen LogP contribution is -2.13. The van der Waals surface area contributed by atoms with E-state index in [1.807, 2.05) is 12.1 Å². The van der Waals surface area contributed by atoms with Crippen molar-refractivity contribution >= 4 is 21.6 Å². The molecule has 0 amide bonds. The zero-order valence-corrected chi connectivity index (χ0v) is 10.9. The van der Waals surface area contributed by atoms with Crippen molar-refractivity contribution in [3.8, 4) is 0 Å². The van der Waals surface area contributed by atoms with Crippen molar-refractivity contribution in [3.63, 3.8) is 0 Å². The monoisotopic (exact) mass is 295 g/mol. The summed E-state index contributed by atoms with van der Waals surface area (Å²) in [6.45, 7) is 1.30. The molecule has 0 bridgehead atoms. The number of halogens is 1. The topological polar surface area (TPSA) is 64.1 Å². The molecule has 1 aromatic carbocycles. The molecule has 0 aliphatic heterocycles. The average Bonchev–Trinajstić information content (AvgIpc) is 2.74. The summed E-state index contributed by atoms with van der Waals surface area (Å²) in [5.74, 6) is 0.830. The molecule has 2 aromatic rings. The van der Waals surface area contributed by atoms with Crippen molar-refractivity contribution in [2.24, 2.45) is 5.73 Å². The molecule has 0 saturated carbocycles. The molecule has 2 rings (SSSR count). The molecule has 1 heterocycles. The average molecular weight is 296 g/mol. The third kappa shape index (κ3) is 3.31. The van der Waals surface area contributed by atoms with Crippen LogP contribution in [0.3, 0.4) is 0 Å². The van der Waals surface area contributed by atoms with Gasteiger partial charge in [-0.05, 0) is 17.7 Å². The molecule has 0 saturated heterocycles. The van der Waals surface area contributed by atoms with Crippen molar-refractivity contribution in [2.45, 2.75) is 6.42 Å². The van der Waals surface area contributed by atoms with Crippen molar-refractivity contribution in [3.05, 3.63) is 46.3 Å². The van der Waals surface area contributed by atoms with Crippen molar-refractivity contribution in [2.75, 3.05) is 18.4 Å². The van der Waals surface area contributed by atoms with Crippen LogP contribution in [0.2, 0.25) is 0 Å². The van der Waals surface area contributed by atoms with E-state index in [-0.39, 0.29) is 0 Å². The van der Waals surface area contributed by atoms with E-state index in [1.165, 1.54) is 5.56 Å². The highest BCUT2D eigenvalue weighted by Gasteiger charge is 2.08. The Kier molecular flexibility index (Phi) is 4.17. The first-order valence-electron chi connectivity index (χ1n) is 5.41. The van der Waals surface area contributed by atoms with Gasteiger partial charge in [0.25, 0.3) is 0 Å². The van der Waals surface area contributed by atoms with Crippen molar-refractivity contribution < 1.29 is 4.52 Å². The molecule has 0 fully saturated rings. The predicted molar refractivity (Wildman–Crippen MR) is 71.0 cm³/mol. The van der Waals surface area contributed by atoms with Crippen LogP contribution in [-0.2, 0) is 6.42 Å². The number of anilines is 1. The second-order valence-corrected chi connectivity index (χ2v) is 4.60. The quantitative estimate of drug-likeness (QED) is 0.889. The Morgan fingerprint density at radius 1 is 1.41 bits per heavy atom. The molecule has 90 valence electrons. The maximum absolute atomic E-state index is 5.45. The number of benzene rings is 1. The van der Waals surface area contributed by atoms with E-state index in [9.17, 15) is 0 Å². The Balaban J connectivity index is 2.10. The van der Waals surface area contributed by atoms with Gasteiger partial charge >= 0.3 is 0 Å². The number of nitrogens with two attached hydrogens (primary N) is 1. The number of aromatic nitrogens is 1. The summed E-state index contributed by atoms with van der Waals surface area (Å²) in [5.41, 5.74) is 7.53. The molecule has 0 spiro atoms. The van der Waals surface area contributed by atoms with Crippen LogP contribution in [0.25, 0.3) is 0 Å². The highest BCUT2D eigenvalue weighted by molar-refractivity contribution is 9.10. The highest BCUT2D eigenvalue weighted by atomic mass is 79.9. The van der Waals surface area contributed by atoms with Crippen LogP contribution in [0.1, 0.15) is 11.3 Å². The van der Waals surface area contributed by atoms with Crippen molar-refractivity contribution in [1.82, 2.24) is 5.16 Å². The van der Waals surface area contributed by atoms with Crippen LogP contribution in [0, 0.1) is 0 Å². The van der Waals surface area contributed by atoms with Gasteiger partial charge in [0.1, 0.15) is 0 Å². The summed E-state index contributed by atoms with van der Waals surface area (Å²) >= 11 is 3.45. The van der Waals surface area contributed by atoms with E-state index in [0.29, 0.717) is 19.5 Å². The van der Waals surface area contributed by atoms with E-state index < -0.39 is 0 Å². The Labute approximate surface area is 108 Å². The largest absolute Gasteiger partial charge is 0.380 e. The molecule has 0 atom stereocenters. The minimum atomic E-state index is 0.585. The Morgan fingerprint density at radius 3 is 3.06 bits per heavy atom. The van der Waals surface area contributed by atoms with E-state index in [0.717, 1.165) is 15.9 Å². The molecular formula is C12H14BrN3O. The summed E-state index contributed by atoms with van der Waals surface area (Å²) in [7, 11) is 0. The normalized spacial score (nSPS) is 10.5. The molecule has 17 heavy (non-hydrogen) atoms. The van der Waals surface area contributed by atoms with Gasteiger partial charge in [-0.1, -0.05) is 33.2 Å². The van der Waals surface area contributed by atoms with E-state index in [4.69, 9.17) is 10.3 Å². The first kappa shape index (κ1) is 12.1. The number of nitrogens with zero attached hydrogens (tertiary/aromatic N) is 1. The van der Waals surface area contributed by atoms with Gasteiger partial charge < -0.3 is 15.6 Å². The van der Waals surface area contributed by atoms with Gasteiger partial charge in [0, 0.05) is 24.0 Å². The SMILES string of the molecule is NCCNc1cnoc1Cc1cccc(Br)c1. The van der Waals surface area contributed by atoms with E-state index in [1.54, 1.807) is 6.20 Å². The van der Waals surface area contributed by atoms with Gasteiger partial charge in [0.05, 0.1) is 11.9 Å². The fourth-order valence-corrected chi connectivity index (χ4v) is 2.02. The molecule has 0 aliphatic carbocycles. The Morgan fingerprint density at radius 2 is 2.29 bits per heavy atom. The molecule has 3 N–H and O–H groups in total. The molecular weight excluding hydrogens is 282 g/mol. The maximum atomic E-state index is 5.45. The number of rotatable bonds is 5. The van der Waals surface area contributed by atoms with Crippen molar-refractivity contribution in [1.29, 1.82) is 0 Å². The van der Waals surface area contributed by atoms with Crippen LogP contribution in [0.4, 0.5) is 5.69 Å². The van der Waals surface area contributed by atoms with Crippen LogP contribution >= 0.6 is 15.9 Å². The minimum absolute atomic E-state index is 0.585. The number of hydrogen-bond acceptors (Lipinski definition) is 4. The third-order valence-corrected chi connectivity index (χ3v) is 2.85. The fraction of sp³-hybridized carbons (Fsp3) is 0.250. The molecule has 5 heteroatoms. The second-order valence-electron chi connectivity index (χ2n) is 3.68. The van der Waals surface area contributed by atoms with Gasteiger partial charge in [0.15, 0.2) is 5.76 Å². The summed E-state index contributed by atoms with van der Waals surface area (Å²) in [4.78, 5) is 0. The molecule has 0 radical (unpaired) electrons. The van der Waals surface area contributed by atoms with E-state index in [2.05, 4.69) is 38.5 Å². The van der Waals surface area contributed by atoms with Gasteiger partial charge in [0.2, 0.25) is 0 Å². The standard InChI is InChI=1S/C12H14BrN3O/c13-10-3-1-2-9(6-10)7-12-11(8-16-17-12)15-5-4-14/h1-3,6,8,15H,4-5,7,14H2. The van der Waals surface area contributed by atoms with Gasteiger partial charge in [-0.15, -0.1) is 0 Å². The number of hydrogen-bond donors (Lipinski definition) is 2. The zero-order chi connectivity index (χ0) is 12.1. The first-order chi connectivity index (χ1) is 8.29.